The highest BCUT2D eigenvalue weighted by molar-refractivity contribution is 4.97. The molecule has 0 amide bonds. The summed E-state index contributed by atoms with van der Waals surface area (Å²) >= 11 is 0. The molecular formula is C13H24O11. The Kier molecular flexibility index (Phi) is 6.50. The van der Waals surface area contributed by atoms with E-state index in [2.05, 4.69) is 0 Å². The van der Waals surface area contributed by atoms with Crippen LogP contribution >= 0.6 is 0 Å². The van der Waals surface area contributed by atoms with Gasteiger partial charge in [0.25, 0.3) is 0 Å². The van der Waals surface area contributed by atoms with Gasteiger partial charge in [-0.1, -0.05) is 0 Å². The van der Waals surface area contributed by atoms with Gasteiger partial charge >= 0.3 is 0 Å². The lowest BCUT2D eigenvalue weighted by molar-refractivity contribution is -0.303. The first kappa shape index (κ1) is 19.9. The molecule has 0 bridgehead atoms. The van der Waals surface area contributed by atoms with Crippen LogP contribution in [0.5, 0.6) is 0 Å². The van der Waals surface area contributed by atoms with Crippen molar-refractivity contribution in [1.82, 2.24) is 0 Å². The van der Waals surface area contributed by atoms with E-state index in [4.69, 9.17) is 24.4 Å². The molecule has 2 aliphatic heterocycles. The van der Waals surface area contributed by atoms with Gasteiger partial charge in [0.05, 0.1) is 19.8 Å². The lowest BCUT2D eigenvalue weighted by atomic mass is 9.95. The predicted octanol–water partition coefficient (Wildman–Crippen LogP) is -5.35. The average Bonchev–Trinajstić information content (AvgIpc) is 2.84. The molecule has 0 aromatic rings. The second-order valence-electron chi connectivity index (χ2n) is 5.92. The summed E-state index contributed by atoms with van der Waals surface area (Å²) in [7, 11) is 0. The van der Waals surface area contributed by atoms with Gasteiger partial charge in [-0.25, -0.2) is 0 Å². The zero-order valence-corrected chi connectivity index (χ0v) is 12.7. The number of aliphatic hydroxyl groups is 8. The highest BCUT2D eigenvalue weighted by Crippen LogP contribution is 2.33. The number of hydrogen-bond donors (Lipinski definition) is 8. The Bertz CT molecular complexity index is 407. The molecule has 9 atom stereocenters. The molecule has 2 aliphatic rings. The van der Waals surface area contributed by atoms with Crippen LogP contribution in [0.3, 0.4) is 0 Å². The van der Waals surface area contributed by atoms with Crippen LogP contribution in [0.4, 0.5) is 0 Å². The minimum absolute atomic E-state index is 0.496. The van der Waals surface area contributed by atoms with Gasteiger partial charge < -0.3 is 55.1 Å². The van der Waals surface area contributed by atoms with Crippen molar-refractivity contribution in [2.45, 2.75) is 54.6 Å². The molecule has 11 heteroatoms. The Labute approximate surface area is 137 Å². The molecule has 0 aromatic heterocycles. The fourth-order valence-corrected chi connectivity index (χ4v) is 2.84. The van der Waals surface area contributed by atoms with Gasteiger partial charge in [-0.15, -0.1) is 0 Å². The second kappa shape index (κ2) is 7.85. The zero-order valence-electron chi connectivity index (χ0n) is 12.7. The van der Waals surface area contributed by atoms with Gasteiger partial charge in [-0.3, -0.25) is 0 Å². The van der Waals surface area contributed by atoms with E-state index < -0.39 is 81.0 Å². The quantitative estimate of drug-likeness (QED) is 0.227. The fraction of sp³-hybridized carbons (Fsp3) is 1.00. The number of hydrogen-bond acceptors (Lipinski definition) is 11. The maximum Gasteiger partial charge on any atom is 0.221 e. The van der Waals surface area contributed by atoms with Gasteiger partial charge in [-0.05, 0) is 0 Å². The smallest absolute Gasteiger partial charge is 0.221 e. The van der Waals surface area contributed by atoms with Crippen molar-refractivity contribution in [2.75, 3.05) is 26.4 Å². The minimum Gasteiger partial charge on any atom is -0.394 e. The first-order valence-corrected chi connectivity index (χ1v) is 7.51. The molecule has 2 fully saturated rings. The second-order valence-corrected chi connectivity index (χ2v) is 5.92. The first-order chi connectivity index (χ1) is 11.3. The molecule has 2 rings (SSSR count). The number of aliphatic hydroxyl groups excluding tert-OH is 8. The van der Waals surface area contributed by atoms with Gasteiger partial charge in [0, 0.05) is 0 Å². The number of ether oxygens (including phenoxy) is 3. The van der Waals surface area contributed by atoms with Gasteiger partial charge in [0.15, 0.2) is 0 Å². The summed E-state index contributed by atoms with van der Waals surface area (Å²) in [5.74, 6) is -2.05. The SMILES string of the molecule is OCC1O[C@H](CO[C@]2(CO)O[C@H](CO)[C@H](O)C2O)C(O)[C@H](O)[C@@H]1O. The maximum atomic E-state index is 9.99. The van der Waals surface area contributed by atoms with Crippen molar-refractivity contribution in [1.29, 1.82) is 0 Å². The van der Waals surface area contributed by atoms with E-state index in [0.29, 0.717) is 0 Å². The average molecular weight is 356 g/mol. The van der Waals surface area contributed by atoms with Crippen molar-refractivity contribution in [2.24, 2.45) is 0 Å². The monoisotopic (exact) mass is 356 g/mol. The van der Waals surface area contributed by atoms with Gasteiger partial charge in [-0.2, -0.15) is 0 Å². The first-order valence-electron chi connectivity index (χ1n) is 7.51. The summed E-state index contributed by atoms with van der Waals surface area (Å²) in [5, 5.41) is 76.7. The molecule has 2 saturated heterocycles. The van der Waals surface area contributed by atoms with Crippen LogP contribution in [0.15, 0.2) is 0 Å². The maximum absolute atomic E-state index is 9.99. The standard InChI is InChI=1S/C13H24O11/c14-1-5-8(17)11(20)9(18)7(23-5)3-22-13(4-16)12(21)10(19)6(2-15)24-13/h5-12,14-21H,1-4H2/t5?,6-,7-,8-,9?,10+,11-,12?,13-/m1/s1. The number of rotatable bonds is 6. The predicted molar refractivity (Wildman–Crippen MR) is 73.5 cm³/mol. The molecule has 11 nitrogen and oxygen atoms in total. The Morgan fingerprint density at radius 2 is 1.33 bits per heavy atom. The third-order valence-electron chi connectivity index (χ3n) is 4.39. The van der Waals surface area contributed by atoms with Crippen LogP contribution in [0, 0.1) is 0 Å². The van der Waals surface area contributed by atoms with Crippen LogP contribution in [-0.2, 0) is 14.2 Å². The van der Waals surface area contributed by atoms with E-state index in [1.165, 1.54) is 0 Å². The Balaban J connectivity index is 2.05. The molecule has 0 aromatic carbocycles. The van der Waals surface area contributed by atoms with E-state index in [1.807, 2.05) is 0 Å². The lowest BCUT2D eigenvalue weighted by Gasteiger charge is -2.41. The largest absolute Gasteiger partial charge is 0.394 e. The van der Waals surface area contributed by atoms with Crippen molar-refractivity contribution in [3.8, 4) is 0 Å². The normalized spacial score (nSPS) is 49.5. The topological polar surface area (TPSA) is 190 Å². The molecule has 8 N–H and O–H groups in total. The summed E-state index contributed by atoms with van der Waals surface area (Å²) in [6.07, 6.45) is -11.4. The zero-order chi connectivity index (χ0) is 18.1. The van der Waals surface area contributed by atoms with Gasteiger partial charge in [0.1, 0.15) is 55.4 Å². The van der Waals surface area contributed by atoms with Crippen LogP contribution in [0.2, 0.25) is 0 Å². The third-order valence-corrected chi connectivity index (χ3v) is 4.39. The van der Waals surface area contributed by atoms with Crippen molar-refractivity contribution < 1.29 is 55.1 Å². The molecule has 24 heavy (non-hydrogen) atoms. The van der Waals surface area contributed by atoms with Gasteiger partial charge in [0.2, 0.25) is 5.79 Å². The summed E-state index contributed by atoms with van der Waals surface area (Å²) in [6, 6.07) is 0. The van der Waals surface area contributed by atoms with Crippen molar-refractivity contribution in [3.05, 3.63) is 0 Å². The molecule has 0 radical (unpaired) electrons. The summed E-state index contributed by atoms with van der Waals surface area (Å²) in [6.45, 7) is -2.59. The van der Waals surface area contributed by atoms with Crippen LogP contribution < -0.4 is 0 Å². The molecule has 0 saturated carbocycles. The molecule has 0 aliphatic carbocycles. The molecule has 142 valence electrons. The Morgan fingerprint density at radius 3 is 1.83 bits per heavy atom. The van der Waals surface area contributed by atoms with Crippen LogP contribution in [0.1, 0.15) is 0 Å². The molecule has 0 spiro atoms. The highest BCUT2D eigenvalue weighted by Gasteiger charge is 2.56. The van der Waals surface area contributed by atoms with E-state index in [-0.39, 0.29) is 0 Å². The van der Waals surface area contributed by atoms with E-state index in [9.17, 15) is 30.6 Å². The van der Waals surface area contributed by atoms with E-state index in [1.54, 1.807) is 0 Å². The summed E-state index contributed by atoms with van der Waals surface area (Å²) < 4.78 is 15.7. The molecule has 2 heterocycles. The Morgan fingerprint density at radius 1 is 0.750 bits per heavy atom. The van der Waals surface area contributed by atoms with Crippen molar-refractivity contribution in [3.63, 3.8) is 0 Å². The van der Waals surface area contributed by atoms with E-state index in [0.717, 1.165) is 0 Å². The molecule has 3 unspecified atom stereocenters. The summed E-state index contributed by atoms with van der Waals surface area (Å²) in [4.78, 5) is 0. The minimum atomic E-state index is -2.05. The Hall–Kier alpha value is -0.440. The van der Waals surface area contributed by atoms with Crippen LogP contribution in [0.25, 0.3) is 0 Å². The molecular weight excluding hydrogens is 332 g/mol. The van der Waals surface area contributed by atoms with Crippen molar-refractivity contribution >= 4 is 0 Å². The third kappa shape index (κ3) is 3.43. The van der Waals surface area contributed by atoms with E-state index >= 15 is 0 Å². The van der Waals surface area contributed by atoms with Crippen LogP contribution in [-0.4, -0.2) is 122 Å². The highest BCUT2D eigenvalue weighted by atomic mass is 16.7. The lowest BCUT2D eigenvalue weighted by Crippen LogP contribution is -2.60. The summed E-state index contributed by atoms with van der Waals surface area (Å²) in [5.41, 5.74) is 0. The fourth-order valence-electron chi connectivity index (χ4n) is 2.84.